The number of alkyl halides is 3. The standard InChI is InChI=1S/C17H12F5N3O/c18-12-6-3-7-13(19)15(12)25-9-8-14(24-25)23-16(26)10-4-1-2-5-11(10)17(20,21)22/h1-4,6-9,11H,5H2,(H,23,24,26). The normalized spacial score (nSPS) is 17.1. The van der Waals surface area contributed by atoms with Crippen LogP contribution in [-0.4, -0.2) is 21.9 Å². The summed E-state index contributed by atoms with van der Waals surface area (Å²) in [5, 5.41) is 6.03. The lowest BCUT2D eigenvalue weighted by Gasteiger charge is -2.23. The minimum absolute atomic E-state index is 0.131. The van der Waals surface area contributed by atoms with E-state index in [4.69, 9.17) is 0 Å². The highest BCUT2D eigenvalue weighted by atomic mass is 19.4. The van der Waals surface area contributed by atoms with Crippen LogP contribution in [0.2, 0.25) is 0 Å². The van der Waals surface area contributed by atoms with Gasteiger partial charge in [-0.3, -0.25) is 4.79 Å². The van der Waals surface area contributed by atoms with Gasteiger partial charge in [0.15, 0.2) is 17.5 Å². The number of aromatic nitrogens is 2. The van der Waals surface area contributed by atoms with Gasteiger partial charge in [-0.15, -0.1) is 5.10 Å². The van der Waals surface area contributed by atoms with Crippen LogP contribution in [0, 0.1) is 17.6 Å². The van der Waals surface area contributed by atoms with E-state index in [9.17, 15) is 26.7 Å². The number of para-hydroxylation sites is 1. The third kappa shape index (κ3) is 3.51. The minimum Gasteiger partial charge on any atom is -0.305 e. The van der Waals surface area contributed by atoms with Crippen molar-refractivity contribution in [2.45, 2.75) is 12.6 Å². The molecule has 0 aliphatic heterocycles. The zero-order valence-electron chi connectivity index (χ0n) is 13.1. The molecule has 4 nitrogen and oxygen atoms in total. The van der Waals surface area contributed by atoms with Gasteiger partial charge in [-0.1, -0.05) is 24.3 Å². The molecule has 1 heterocycles. The third-order valence-corrected chi connectivity index (χ3v) is 3.81. The van der Waals surface area contributed by atoms with Crippen LogP contribution in [0.5, 0.6) is 0 Å². The molecular weight excluding hydrogens is 357 g/mol. The number of amides is 1. The summed E-state index contributed by atoms with van der Waals surface area (Å²) >= 11 is 0. The molecule has 1 atom stereocenters. The number of rotatable bonds is 3. The lowest BCUT2D eigenvalue weighted by Crippen LogP contribution is -2.31. The molecule has 0 fully saturated rings. The topological polar surface area (TPSA) is 46.9 Å². The van der Waals surface area contributed by atoms with Crippen LogP contribution in [0.1, 0.15) is 6.42 Å². The number of allylic oxidation sites excluding steroid dienone is 3. The van der Waals surface area contributed by atoms with Crippen molar-refractivity contribution in [3.8, 4) is 5.69 Å². The first-order chi connectivity index (χ1) is 12.3. The van der Waals surface area contributed by atoms with Gasteiger partial charge in [-0.05, 0) is 18.6 Å². The molecule has 9 heteroatoms. The van der Waals surface area contributed by atoms with Crippen molar-refractivity contribution in [3.05, 3.63) is 65.9 Å². The van der Waals surface area contributed by atoms with Crippen LogP contribution in [-0.2, 0) is 4.79 Å². The van der Waals surface area contributed by atoms with Crippen molar-refractivity contribution in [1.29, 1.82) is 0 Å². The molecule has 1 aromatic carbocycles. The van der Waals surface area contributed by atoms with Crippen molar-refractivity contribution >= 4 is 11.7 Å². The van der Waals surface area contributed by atoms with E-state index in [1.165, 1.54) is 30.5 Å². The number of nitrogens with zero attached hydrogens (tertiary/aromatic N) is 2. The molecule has 1 aliphatic rings. The molecule has 1 amide bonds. The molecule has 1 aliphatic carbocycles. The molecule has 1 N–H and O–H groups in total. The highest BCUT2D eigenvalue weighted by Gasteiger charge is 2.43. The Morgan fingerprint density at radius 2 is 1.88 bits per heavy atom. The maximum Gasteiger partial charge on any atom is 0.396 e. The second-order valence-electron chi connectivity index (χ2n) is 5.55. The number of hydrogen-bond donors (Lipinski definition) is 1. The Kier molecular flexibility index (Phi) is 4.62. The Morgan fingerprint density at radius 1 is 1.19 bits per heavy atom. The fraction of sp³-hybridized carbons (Fsp3) is 0.176. The molecule has 3 rings (SSSR count). The van der Waals surface area contributed by atoms with Crippen molar-refractivity contribution in [2.75, 3.05) is 5.32 Å². The number of halogens is 5. The van der Waals surface area contributed by atoms with Gasteiger partial charge in [0.2, 0.25) is 0 Å². The van der Waals surface area contributed by atoms with Crippen LogP contribution in [0.15, 0.2) is 54.3 Å². The number of nitrogens with one attached hydrogen (secondary N) is 1. The molecule has 0 saturated heterocycles. The Bertz CT molecular complexity index is 878. The van der Waals surface area contributed by atoms with Gasteiger partial charge in [0.25, 0.3) is 5.91 Å². The molecule has 1 unspecified atom stereocenters. The van der Waals surface area contributed by atoms with Crippen LogP contribution in [0.3, 0.4) is 0 Å². The summed E-state index contributed by atoms with van der Waals surface area (Å²) < 4.78 is 67.5. The monoisotopic (exact) mass is 369 g/mol. The molecule has 2 aromatic rings. The second-order valence-corrected chi connectivity index (χ2v) is 5.55. The highest BCUT2D eigenvalue weighted by molar-refractivity contribution is 6.04. The van der Waals surface area contributed by atoms with Gasteiger partial charge < -0.3 is 5.32 Å². The summed E-state index contributed by atoms with van der Waals surface area (Å²) in [5.41, 5.74) is -0.910. The zero-order valence-corrected chi connectivity index (χ0v) is 13.1. The molecule has 26 heavy (non-hydrogen) atoms. The third-order valence-electron chi connectivity index (χ3n) is 3.81. The molecule has 0 bridgehead atoms. The summed E-state index contributed by atoms with van der Waals surface area (Å²) in [6.07, 6.45) is 0.0638. The largest absolute Gasteiger partial charge is 0.396 e. The number of carbonyl (C=O) groups excluding carboxylic acids is 1. The van der Waals surface area contributed by atoms with Crippen LogP contribution < -0.4 is 5.32 Å². The summed E-state index contributed by atoms with van der Waals surface area (Å²) in [5.74, 6) is -4.77. The van der Waals surface area contributed by atoms with E-state index < -0.39 is 40.9 Å². The van der Waals surface area contributed by atoms with E-state index >= 15 is 0 Å². The number of hydrogen-bond acceptors (Lipinski definition) is 2. The lowest BCUT2D eigenvalue weighted by atomic mass is 9.90. The van der Waals surface area contributed by atoms with Gasteiger partial charge >= 0.3 is 6.18 Å². The van der Waals surface area contributed by atoms with Gasteiger partial charge in [0.1, 0.15) is 5.69 Å². The SMILES string of the molecule is O=C(Nc1ccn(-c2c(F)cccc2F)n1)C1=CC=CCC1C(F)(F)F. The summed E-state index contributed by atoms with van der Waals surface area (Å²) in [7, 11) is 0. The average molecular weight is 369 g/mol. The lowest BCUT2D eigenvalue weighted by molar-refractivity contribution is -0.165. The molecule has 136 valence electrons. The van der Waals surface area contributed by atoms with E-state index in [-0.39, 0.29) is 12.2 Å². The molecule has 0 spiro atoms. The Hall–Kier alpha value is -2.97. The summed E-state index contributed by atoms with van der Waals surface area (Å²) in [4.78, 5) is 12.2. The molecule has 0 saturated carbocycles. The quantitative estimate of drug-likeness (QED) is 0.826. The molecule has 0 radical (unpaired) electrons. The Labute approximate surface area is 144 Å². The van der Waals surface area contributed by atoms with Crippen molar-refractivity contribution in [2.24, 2.45) is 5.92 Å². The Morgan fingerprint density at radius 3 is 2.54 bits per heavy atom. The van der Waals surface area contributed by atoms with Crippen molar-refractivity contribution < 1.29 is 26.7 Å². The summed E-state index contributed by atoms with van der Waals surface area (Å²) in [6, 6.07) is 4.48. The van der Waals surface area contributed by atoms with Crippen molar-refractivity contribution in [1.82, 2.24) is 9.78 Å². The van der Waals surface area contributed by atoms with Crippen molar-refractivity contribution in [3.63, 3.8) is 0 Å². The van der Waals surface area contributed by atoms with Crippen LogP contribution >= 0.6 is 0 Å². The maximum atomic E-state index is 13.8. The summed E-state index contributed by atoms with van der Waals surface area (Å²) in [6.45, 7) is 0. The van der Waals surface area contributed by atoms with Gasteiger partial charge in [0.05, 0.1) is 5.92 Å². The van der Waals surface area contributed by atoms with E-state index in [0.717, 1.165) is 22.9 Å². The van der Waals surface area contributed by atoms with Crippen LogP contribution in [0.4, 0.5) is 27.8 Å². The molecular formula is C17H12F5N3O. The van der Waals surface area contributed by atoms with E-state index in [1.807, 2.05) is 0 Å². The first-order valence-corrected chi connectivity index (χ1v) is 7.52. The number of carbonyl (C=O) groups is 1. The van der Waals surface area contributed by atoms with Gasteiger partial charge in [-0.2, -0.15) is 13.2 Å². The average Bonchev–Trinajstić information content (AvgIpc) is 3.02. The maximum absolute atomic E-state index is 13.8. The Balaban J connectivity index is 1.82. The minimum atomic E-state index is -4.57. The fourth-order valence-corrected chi connectivity index (χ4v) is 2.58. The van der Waals surface area contributed by atoms with E-state index in [2.05, 4.69) is 10.4 Å². The number of anilines is 1. The highest BCUT2D eigenvalue weighted by Crippen LogP contribution is 2.37. The predicted molar refractivity (Wildman–Crippen MR) is 83.5 cm³/mol. The van der Waals surface area contributed by atoms with E-state index in [1.54, 1.807) is 0 Å². The first-order valence-electron chi connectivity index (χ1n) is 7.52. The predicted octanol–water partition coefficient (Wildman–Crippen LogP) is 4.15. The second kappa shape index (κ2) is 6.74. The number of benzene rings is 1. The van der Waals surface area contributed by atoms with Crippen LogP contribution in [0.25, 0.3) is 5.69 Å². The molecule has 1 aromatic heterocycles. The van der Waals surface area contributed by atoms with Gasteiger partial charge in [-0.25, -0.2) is 13.5 Å². The smallest absolute Gasteiger partial charge is 0.305 e. The van der Waals surface area contributed by atoms with Gasteiger partial charge in [0, 0.05) is 17.8 Å². The zero-order chi connectivity index (χ0) is 18.9. The first kappa shape index (κ1) is 17.8. The van der Waals surface area contributed by atoms with E-state index in [0.29, 0.717) is 0 Å². The fourth-order valence-electron chi connectivity index (χ4n) is 2.58.